The predicted molar refractivity (Wildman–Crippen MR) is 116 cm³/mol. The van der Waals surface area contributed by atoms with Gasteiger partial charge in [0.2, 0.25) is 5.91 Å². The second-order valence-electron chi connectivity index (χ2n) is 8.23. The molecule has 0 unspecified atom stereocenters. The van der Waals surface area contributed by atoms with E-state index in [1.54, 1.807) is 42.7 Å². The maximum Gasteiger partial charge on any atom is 0.275 e. The summed E-state index contributed by atoms with van der Waals surface area (Å²) in [6.45, 7) is 6.55. The molecule has 0 aliphatic rings. The van der Waals surface area contributed by atoms with Gasteiger partial charge in [-0.25, -0.2) is 18.6 Å². The molecule has 0 aliphatic carbocycles. The molecule has 0 radical (unpaired) electrons. The van der Waals surface area contributed by atoms with Gasteiger partial charge in [0.25, 0.3) is 5.56 Å². The van der Waals surface area contributed by atoms with Crippen molar-refractivity contribution in [2.24, 2.45) is 0 Å². The third kappa shape index (κ3) is 4.03. The minimum Gasteiger partial charge on any atom is -0.308 e. The number of rotatable bonds is 5. The lowest BCUT2D eigenvalue weighted by Gasteiger charge is -2.18. The fourth-order valence-corrected chi connectivity index (χ4v) is 3.41. The minimum atomic E-state index is -1.54. The fraction of sp³-hybridized carbons (Fsp3) is 0.318. The molecule has 4 rings (SSSR count). The van der Waals surface area contributed by atoms with Crippen LogP contribution < -0.4 is 10.9 Å². The van der Waals surface area contributed by atoms with Gasteiger partial charge < -0.3 is 5.32 Å². The zero-order valence-electron chi connectivity index (χ0n) is 17.8. The van der Waals surface area contributed by atoms with Crippen molar-refractivity contribution >= 4 is 28.1 Å². The van der Waals surface area contributed by atoms with E-state index in [1.165, 1.54) is 18.4 Å². The number of benzene rings is 1. The summed E-state index contributed by atoms with van der Waals surface area (Å²) in [6, 6.07) is 8.24. The highest BCUT2D eigenvalue weighted by molar-refractivity contribution is 5.90. The summed E-state index contributed by atoms with van der Waals surface area (Å²) in [5.41, 5.74) is -0.190. The predicted octanol–water partition coefficient (Wildman–Crippen LogP) is 3.41. The summed E-state index contributed by atoms with van der Waals surface area (Å²) in [5.74, 6) is -0.124. The van der Waals surface area contributed by atoms with Gasteiger partial charge in [0.15, 0.2) is 11.5 Å². The summed E-state index contributed by atoms with van der Waals surface area (Å²) in [6.07, 6.45) is 3.28. The number of carbonyl (C=O) groups is 1. The van der Waals surface area contributed by atoms with Gasteiger partial charge in [-0.3, -0.25) is 9.59 Å². The third-order valence-corrected chi connectivity index (χ3v) is 5.04. The third-order valence-electron chi connectivity index (χ3n) is 5.04. The highest BCUT2D eigenvalue weighted by atomic mass is 19.1. The Morgan fingerprint density at radius 1 is 1.16 bits per heavy atom. The van der Waals surface area contributed by atoms with Gasteiger partial charge in [-0.2, -0.15) is 5.10 Å². The Morgan fingerprint density at radius 2 is 1.94 bits per heavy atom. The lowest BCUT2D eigenvalue weighted by Crippen LogP contribution is -2.31. The lowest BCUT2D eigenvalue weighted by atomic mass is 9.95. The molecule has 0 saturated carbocycles. The Kier molecular flexibility index (Phi) is 5.04. The summed E-state index contributed by atoms with van der Waals surface area (Å²) in [4.78, 5) is 29.7. The first-order chi connectivity index (χ1) is 14.6. The molecule has 9 heteroatoms. The molecule has 8 nitrogen and oxygen atoms in total. The highest BCUT2D eigenvalue weighted by Gasteiger charge is 2.22. The van der Waals surface area contributed by atoms with Crippen molar-refractivity contribution in [2.45, 2.75) is 45.8 Å². The first-order valence-electron chi connectivity index (χ1n) is 9.98. The SMILES string of the molecule is CC(C)c1nn(CC(=O)Nc2ccc3nccn3n2)c(=O)c2ccc(C(C)(C)F)cc12. The van der Waals surface area contributed by atoms with E-state index in [2.05, 4.69) is 20.5 Å². The molecule has 160 valence electrons. The van der Waals surface area contributed by atoms with Crippen LogP contribution in [-0.2, 0) is 17.0 Å². The van der Waals surface area contributed by atoms with Crippen LogP contribution in [0.4, 0.5) is 10.2 Å². The Labute approximate surface area is 177 Å². The monoisotopic (exact) mass is 422 g/mol. The van der Waals surface area contributed by atoms with E-state index < -0.39 is 17.1 Å². The van der Waals surface area contributed by atoms with Crippen LogP contribution in [0.25, 0.3) is 16.4 Å². The lowest BCUT2D eigenvalue weighted by molar-refractivity contribution is -0.117. The van der Waals surface area contributed by atoms with Crippen LogP contribution in [0.1, 0.15) is 44.9 Å². The summed E-state index contributed by atoms with van der Waals surface area (Å²) < 4.78 is 17.1. The molecule has 0 aliphatic heterocycles. The van der Waals surface area contributed by atoms with Crippen LogP contribution in [0.15, 0.2) is 47.5 Å². The Bertz CT molecular complexity index is 1350. The van der Waals surface area contributed by atoms with Crippen molar-refractivity contribution in [1.82, 2.24) is 24.4 Å². The molecule has 1 amide bonds. The molecule has 0 atom stereocenters. The Hall–Kier alpha value is -3.62. The van der Waals surface area contributed by atoms with Crippen molar-refractivity contribution in [3.8, 4) is 0 Å². The molecular weight excluding hydrogens is 399 g/mol. The number of nitrogens with zero attached hydrogens (tertiary/aromatic N) is 5. The summed E-state index contributed by atoms with van der Waals surface area (Å²) in [7, 11) is 0. The zero-order chi connectivity index (χ0) is 22.3. The summed E-state index contributed by atoms with van der Waals surface area (Å²) >= 11 is 0. The molecule has 3 aromatic heterocycles. The molecule has 0 bridgehead atoms. The number of hydrogen-bond donors (Lipinski definition) is 1. The van der Waals surface area contributed by atoms with Crippen LogP contribution in [0, 0.1) is 0 Å². The average molecular weight is 422 g/mol. The van der Waals surface area contributed by atoms with Gasteiger partial charge in [0.05, 0.1) is 11.1 Å². The second kappa shape index (κ2) is 7.57. The molecule has 0 fully saturated rings. The molecule has 0 spiro atoms. The van der Waals surface area contributed by atoms with E-state index in [0.29, 0.717) is 33.5 Å². The van der Waals surface area contributed by atoms with Gasteiger partial charge in [-0.05, 0) is 49.6 Å². The van der Waals surface area contributed by atoms with Crippen molar-refractivity contribution < 1.29 is 9.18 Å². The number of amides is 1. The Morgan fingerprint density at radius 3 is 2.65 bits per heavy atom. The average Bonchev–Trinajstić information content (AvgIpc) is 3.16. The number of halogens is 1. The van der Waals surface area contributed by atoms with Gasteiger partial charge in [0, 0.05) is 17.8 Å². The molecular formula is C22H23FN6O2. The van der Waals surface area contributed by atoms with E-state index >= 15 is 0 Å². The number of anilines is 1. The van der Waals surface area contributed by atoms with Crippen LogP contribution >= 0.6 is 0 Å². The molecule has 31 heavy (non-hydrogen) atoms. The van der Waals surface area contributed by atoms with Crippen LogP contribution in [0.5, 0.6) is 0 Å². The van der Waals surface area contributed by atoms with E-state index in [-0.39, 0.29) is 12.5 Å². The quantitative estimate of drug-likeness (QED) is 0.532. The van der Waals surface area contributed by atoms with E-state index in [9.17, 15) is 14.0 Å². The standard InChI is InChI=1S/C22H23FN6O2/c1-13(2)20-16-11-14(22(3,4)23)5-6-15(16)21(31)29(27-20)12-19(30)25-17-7-8-18-24-9-10-28(18)26-17/h5-11,13H,12H2,1-4H3,(H,25,26,30). The van der Waals surface area contributed by atoms with Crippen molar-refractivity contribution in [2.75, 3.05) is 5.32 Å². The summed E-state index contributed by atoms with van der Waals surface area (Å²) in [5, 5.41) is 12.4. The van der Waals surface area contributed by atoms with E-state index in [1.807, 2.05) is 13.8 Å². The second-order valence-corrected chi connectivity index (χ2v) is 8.23. The number of nitrogens with one attached hydrogen (secondary N) is 1. The number of carbonyl (C=O) groups excluding carboxylic acids is 1. The largest absolute Gasteiger partial charge is 0.308 e. The van der Waals surface area contributed by atoms with Crippen molar-refractivity contribution in [3.63, 3.8) is 0 Å². The van der Waals surface area contributed by atoms with E-state index in [0.717, 1.165) is 4.68 Å². The molecule has 1 N–H and O–H groups in total. The highest BCUT2D eigenvalue weighted by Crippen LogP contribution is 2.29. The number of alkyl halides is 1. The molecule has 0 saturated heterocycles. The minimum absolute atomic E-state index is 0.0271. The zero-order valence-corrected chi connectivity index (χ0v) is 17.8. The first kappa shape index (κ1) is 20.6. The van der Waals surface area contributed by atoms with Gasteiger partial charge in [-0.15, -0.1) is 5.10 Å². The number of imidazole rings is 1. The Balaban J connectivity index is 1.68. The number of aromatic nitrogens is 5. The number of hydrogen-bond acceptors (Lipinski definition) is 5. The molecule has 3 heterocycles. The first-order valence-corrected chi connectivity index (χ1v) is 9.98. The van der Waals surface area contributed by atoms with Gasteiger partial charge >= 0.3 is 0 Å². The number of fused-ring (bicyclic) bond motifs is 2. The van der Waals surface area contributed by atoms with Crippen molar-refractivity contribution in [1.29, 1.82) is 0 Å². The van der Waals surface area contributed by atoms with Gasteiger partial charge in [-0.1, -0.05) is 19.9 Å². The maximum atomic E-state index is 14.4. The van der Waals surface area contributed by atoms with Crippen LogP contribution in [0.3, 0.4) is 0 Å². The van der Waals surface area contributed by atoms with Crippen LogP contribution in [-0.4, -0.2) is 30.3 Å². The fourth-order valence-electron chi connectivity index (χ4n) is 3.41. The smallest absolute Gasteiger partial charge is 0.275 e. The van der Waals surface area contributed by atoms with Crippen molar-refractivity contribution in [3.05, 3.63) is 64.3 Å². The van der Waals surface area contributed by atoms with E-state index in [4.69, 9.17) is 0 Å². The molecule has 1 aromatic carbocycles. The van der Waals surface area contributed by atoms with Crippen LogP contribution in [0.2, 0.25) is 0 Å². The van der Waals surface area contributed by atoms with Gasteiger partial charge in [0.1, 0.15) is 12.2 Å². The topological polar surface area (TPSA) is 94.2 Å². The maximum absolute atomic E-state index is 14.4. The molecule has 4 aromatic rings. The normalized spacial score (nSPS) is 12.1.